The zero-order chi connectivity index (χ0) is 15.2. The van der Waals surface area contributed by atoms with E-state index in [2.05, 4.69) is 10.6 Å². The van der Waals surface area contributed by atoms with Gasteiger partial charge in [0.25, 0.3) is 0 Å². The van der Waals surface area contributed by atoms with Crippen molar-refractivity contribution in [3.63, 3.8) is 0 Å². The molecule has 0 aliphatic heterocycles. The number of urea groups is 1. The second kappa shape index (κ2) is 7.06. The minimum absolute atomic E-state index is 0.0336. The molecule has 21 heavy (non-hydrogen) atoms. The van der Waals surface area contributed by atoms with E-state index in [0.717, 1.165) is 30.4 Å². The van der Waals surface area contributed by atoms with Gasteiger partial charge < -0.3 is 15.7 Å². The quantitative estimate of drug-likeness (QED) is 0.729. The topological polar surface area (TPSA) is 78.4 Å². The number of aryl methyl sites for hydroxylation is 1. The Kier molecular flexibility index (Phi) is 5.14. The van der Waals surface area contributed by atoms with Crippen LogP contribution in [0.4, 0.5) is 9.18 Å². The molecular formula is C15H19FN2O3. The summed E-state index contributed by atoms with van der Waals surface area (Å²) in [6.07, 6.45) is 2.98. The first-order valence-electron chi connectivity index (χ1n) is 7.11. The molecule has 0 fully saturated rings. The predicted octanol–water partition coefficient (Wildman–Crippen LogP) is 2.37. The van der Waals surface area contributed by atoms with E-state index in [1.54, 1.807) is 6.07 Å². The van der Waals surface area contributed by atoms with E-state index in [1.807, 2.05) is 0 Å². The lowest BCUT2D eigenvalue weighted by atomic mass is 9.88. The number of rotatable bonds is 5. The lowest BCUT2D eigenvalue weighted by Gasteiger charge is -2.26. The zero-order valence-electron chi connectivity index (χ0n) is 11.7. The Bertz CT molecular complexity index is 534. The molecule has 0 spiro atoms. The first kappa shape index (κ1) is 15.3. The van der Waals surface area contributed by atoms with Crippen molar-refractivity contribution in [3.8, 4) is 0 Å². The summed E-state index contributed by atoms with van der Waals surface area (Å²) in [5.74, 6) is -1.13. The Morgan fingerprint density at radius 1 is 1.38 bits per heavy atom. The standard InChI is InChI=1S/C15H19FN2O3/c16-11-6-7-12-10(9-11)3-1-4-13(12)18-15(21)17-8-2-5-14(19)20/h6-7,9,13H,1-5,8H2,(H,19,20)(H2,17,18,21). The van der Waals surface area contributed by atoms with Gasteiger partial charge in [0.15, 0.2) is 0 Å². The third-order valence-corrected chi connectivity index (χ3v) is 3.58. The van der Waals surface area contributed by atoms with Crippen LogP contribution in [0.5, 0.6) is 0 Å². The second-order valence-electron chi connectivity index (χ2n) is 5.19. The number of hydrogen-bond acceptors (Lipinski definition) is 2. The number of carbonyl (C=O) groups is 2. The van der Waals surface area contributed by atoms with Crippen LogP contribution in [0, 0.1) is 5.82 Å². The van der Waals surface area contributed by atoms with Crippen molar-refractivity contribution >= 4 is 12.0 Å². The van der Waals surface area contributed by atoms with Gasteiger partial charge in [-0.05, 0) is 48.9 Å². The number of benzene rings is 1. The zero-order valence-corrected chi connectivity index (χ0v) is 11.7. The van der Waals surface area contributed by atoms with E-state index in [-0.39, 0.29) is 24.3 Å². The Hall–Kier alpha value is -2.11. The maximum atomic E-state index is 13.2. The highest BCUT2D eigenvalue weighted by Crippen LogP contribution is 2.29. The van der Waals surface area contributed by atoms with Crippen LogP contribution < -0.4 is 10.6 Å². The van der Waals surface area contributed by atoms with Crippen LogP contribution in [0.2, 0.25) is 0 Å². The molecule has 0 aromatic heterocycles. The first-order valence-corrected chi connectivity index (χ1v) is 7.11. The predicted molar refractivity (Wildman–Crippen MR) is 75.5 cm³/mol. The van der Waals surface area contributed by atoms with E-state index in [0.29, 0.717) is 13.0 Å². The van der Waals surface area contributed by atoms with Crippen LogP contribution in [0.3, 0.4) is 0 Å². The van der Waals surface area contributed by atoms with Crippen LogP contribution in [-0.4, -0.2) is 23.7 Å². The van der Waals surface area contributed by atoms with E-state index in [9.17, 15) is 14.0 Å². The Morgan fingerprint density at radius 2 is 2.19 bits per heavy atom. The van der Waals surface area contributed by atoms with E-state index in [1.165, 1.54) is 12.1 Å². The maximum absolute atomic E-state index is 13.2. The molecule has 1 unspecified atom stereocenters. The number of fused-ring (bicyclic) bond motifs is 1. The smallest absolute Gasteiger partial charge is 0.315 e. The highest BCUT2D eigenvalue weighted by molar-refractivity contribution is 5.74. The fourth-order valence-corrected chi connectivity index (χ4v) is 2.58. The minimum Gasteiger partial charge on any atom is -0.481 e. The third kappa shape index (κ3) is 4.44. The van der Waals surface area contributed by atoms with Crippen molar-refractivity contribution in [1.29, 1.82) is 0 Å². The normalized spacial score (nSPS) is 16.9. The highest BCUT2D eigenvalue weighted by Gasteiger charge is 2.21. The summed E-state index contributed by atoms with van der Waals surface area (Å²) >= 11 is 0. The Balaban J connectivity index is 1.86. The van der Waals surface area contributed by atoms with E-state index in [4.69, 9.17) is 5.11 Å². The molecule has 2 amide bonds. The molecule has 0 radical (unpaired) electrons. The molecule has 0 saturated heterocycles. The van der Waals surface area contributed by atoms with E-state index < -0.39 is 5.97 Å². The van der Waals surface area contributed by atoms with Gasteiger partial charge in [-0.3, -0.25) is 4.79 Å². The van der Waals surface area contributed by atoms with Crippen LogP contribution in [0.15, 0.2) is 18.2 Å². The third-order valence-electron chi connectivity index (χ3n) is 3.58. The summed E-state index contributed by atoms with van der Waals surface area (Å²) in [5, 5.41) is 14.0. The van der Waals surface area contributed by atoms with Crippen LogP contribution in [-0.2, 0) is 11.2 Å². The van der Waals surface area contributed by atoms with Gasteiger partial charge in [0.2, 0.25) is 0 Å². The van der Waals surface area contributed by atoms with Gasteiger partial charge in [0.05, 0.1) is 6.04 Å². The monoisotopic (exact) mass is 294 g/mol. The van der Waals surface area contributed by atoms with Gasteiger partial charge in [-0.2, -0.15) is 0 Å². The average Bonchev–Trinajstić information content (AvgIpc) is 2.43. The van der Waals surface area contributed by atoms with Crippen LogP contribution in [0.1, 0.15) is 42.9 Å². The lowest BCUT2D eigenvalue weighted by molar-refractivity contribution is -0.137. The number of halogens is 1. The number of amides is 2. The summed E-state index contributed by atoms with van der Waals surface area (Å²) < 4.78 is 13.2. The molecule has 114 valence electrons. The van der Waals surface area contributed by atoms with Gasteiger partial charge in [-0.15, -0.1) is 0 Å². The molecule has 6 heteroatoms. The van der Waals surface area contributed by atoms with Crippen LogP contribution >= 0.6 is 0 Å². The molecule has 0 saturated carbocycles. The average molecular weight is 294 g/mol. The number of nitrogens with one attached hydrogen (secondary N) is 2. The molecule has 0 heterocycles. The second-order valence-corrected chi connectivity index (χ2v) is 5.19. The van der Waals surface area contributed by atoms with Crippen molar-refractivity contribution in [2.75, 3.05) is 6.54 Å². The molecule has 1 atom stereocenters. The molecule has 1 aromatic rings. The summed E-state index contributed by atoms with van der Waals surface area (Å²) in [4.78, 5) is 22.2. The first-order chi connectivity index (χ1) is 10.1. The largest absolute Gasteiger partial charge is 0.481 e. The lowest BCUT2D eigenvalue weighted by Crippen LogP contribution is -2.39. The number of carboxylic acids is 1. The van der Waals surface area contributed by atoms with Gasteiger partial charge in [0.1, 0.15) is 5.82 Å². The maximum Gasteiger partial charge on any atom is 0.315 e. The van der Waals surface area contributed by atoms with Gasteiger partial charge >= 0.3 is 12.0 Å². The molecule has 1 aliphatic rings. The fraction of sp³-hybridized carbons (Fsp3) is 0.467. The van der Waals surface area contributed by atoms with Gasteiger partial charge in [0, 0.05) is 13.0 Å². The van der Waals surface area contributed by atoms with Crippen molar-refractivity contribution < 1.29 is 19.1 Å². The Morgan fingerprint density at radius 3 is 2.95 bits per heavy atom. The Labute approximate surface area is 122 Å². The number of carboxylic acid groups (broad SMARTS) is 1. The summed E-state index contributed by atoms with van der Waals surface area (Å²) in [5.41, 5.74) is 1.90. The van der Waals surface area contributed by atoms with E-state index >= 15 is 0 Å². The van der Waals surface area contributed by atoms with Gasteiger partial charge in [-0.1, -0.05) is 6.07 Å². The van der Waals surface area contributed by atoms with Crippen molar-refractivity contribution in [3.05, 3.63) is 35.1 Å². The van der Waals surface area contributed by atoms with Crippen molar-refractivity contribution in [1.82, 2.24) is 10.6 Å². The fourth-order valence-electron chi connectivity index (χ4n) is 2.58. The summed E-state index contributed by atoms with van der Waals surface area (Å²) in [6.45, 7) is 0.321. The van der Waals surface area contributed by atoms with Crippen molar-refractivity contribution in [2.45, 2.75) is 38.1 Å². The molecular weight excluding hydrogens is 275 g/mol. The molecule has 2 rings (SSSR count). The van der Waals surface area contributed by atoms with Crippen molar-refractivity contribution in [2.24, 2.45) is 0 Å². The number of hydrogen-bond donors (Lipinski definition) is 3. The van der Waals surface area contributed by atoms with Gasteiger partial charge in [-0.25, -0.2) is 9.18 Å². The molecule has 0 bridgehead atoms. The highest BCUT2D eigenvalue weighted by atomic mass is 19.1. The molecule has 3 N–H and O–H groups in total. The molecule has 5 nitrogen and oxygen atoms in total. The molecule has 1 aromatic carbocycles. The summed E-state index contributed by atoms with van der Waals surface area (Å²) in [7, 11) is 0. The number of carbonyl (C=O) groups excluding carboxylic acids is 1. The summed E-state index contributed by atoms with van der Waals surface area (Å²) in [6, 6.07) is 4.22. The number of aliphatic carboxylic acids is 1. The SMILES string of the molecule is O=C(O)CCCNC(=O)NC1CCCc2cc(F)ccc21. The molecule has 1 aliphatic carbocycles. The van der Waals surface area contributed by atoms with Crippen LogP contribution in [0.25, 0.3) is 0 Å². The minimum atomic E-state index is -0.875.